The molecule has 0 amide bonds. The van der Waals surface area contributed by atoms with Gasteiger partial charge in [0.15, 0.2) is 11.7 Å². The van der Waals surface area contributed by atoms with Crippen LogP contribution in [0.2, 0.25) is 0 Å². The average Bonchev–Trinajstić information content (AvgIpc) is 3.05. The van der Waals surface area contributed by atoms with Gasteiger partial charge >= 0.3 is 12.1 Å². The van der Waals surface area contributed by atoms with Crippen molar-refractivity contribution in [2.45, 2.75) is 38.3 Å². The number of nitrogens with zero attached hydrogens (tertiary/aromatic N) is 2. The van der Waals surface area contributed by atoms with Crippen molar-refractivity contribution in [1.29, 1.82) is 0 Å². The summed E-state index contributed by atoms with van der Waals surface area (Å²) in [6, 6.07) is 0. The molecule has 150 valence electrons. The molecule has 0 aromatic carbocycles. The Morgan fingerprint density at radius 3 is 2.54 bits per heavy atom. The largest absolute Gasteiger partial charge is 0.469 e. The molecule has 1 aromatic rings. The summed E-state index contributed by atoms with van der Waals surface area (Å²) >= 11 is 0.998. The number of aliphatic imine (C=N–C) groups is 1. The summed E-state index contributed by atoms with van der Waals surface area (Å²) in [4.78, 5) is 18.6. The number of halogens is 4. The van der Waals surface area contributed by atoms with E-state index >= 15 is 0 Å². The third-order valence-electron chi connectivity index (χ3n) is 3.27. The number of alkyl halides is 3. The Labute approximate surface area is 172 Å². The van der Waals surface area contributed by atoms with E-state index in [1.165, 1.54) is 7.11 Å². The maximum Gasteiger partial charge on any atom is 0.434 e. The zero-order chi connectivity index (χ0) is 18.7. The van der Waals surface area contributed by atoms with Crippen LogP contribution in [0.1, 0.15) is 36.4 Å². The lowest BCUT2D eigenvalue weighted by Gasteiger charge is -2.11. The SMILES string of the molecule is CN=C(NCCCCCC(=O)OC)NCCc1nc(C(F)(F)F)cs1.I. The Bertz CT molecular complexity index is 567. The Hall–Kier alpha value is -1.11. The van der Waals surface area contributed by atoms with E-state index in [4.69, 9.17) is 0 Å². The van der Waals surface area contributed by atoms with Gasteiger partial charge in [-0.1, -0.05) is 6.42 Å². The zero-order valence-corrected chi connectivity index (χ0v) is 17.8. The number of ether oxygens (including phenoxy) is 1. The maximum atomic E-state index is 12.5. The number of unbranched alkanes of at least 4 members (excludes halogenated alkanes) is 2. The normalized spacial score (nSPS) is 11.7. The summed E-state index contributed by atoms with van der Waals surface area (Å²) in [5.74, 6) is 0.377. The van der Waals surface area contributed by atoms with E-state index in [0.29, 0.717) is 36.9 Å². The van der Waals surface area contributed by atoms with Crippen LogP contribution in [0.25, 0.3) is 0 Å². The number of methoxy groups -OCH3 is 1. The van der Waals surface area contributed by atoms with Gasteiger partial charge in [0.1, 0.15) is 0 Å². The number of hydrogen-bond acceptors (Lipinski definition) is 5. The van der Waals surface area contributed by atoms with Gasteiger partial charge in [-0.05, 0) is 12.8 Å². The second-order valence-electron chi connectivity index (χ2n) is 5.19. The summed E-state index contributed by atoms with van der Waals surface area (Å²) in [7, 11) is 2.99. The van der Waals surface area contributed by atoms with Crippen LogP contribution in [0.15, 0.2) is 10.4 Å². The topological polar surface area (TPSA) is 75.6 Å². The van der Waals surface area contributed by atoms with Crippen LogP contribution < -0.4 is 10.6 Å². The second-order valence-corrected chi connectivity index (χ2v) is 6.13. The van der Waals surface area contributed by atoms with Gasteiger partial charge in [0.05, 0.1) is 12.1 Å². The van der Waals surface area contributed by atoms with Crippen molar-refractivity contribution in [3.05, 3.63) is 16.1 Å². The molecular weight excluding hydrogens is 484 g/mol. The van der Waals surface area contributed by atoms with Crippen molar-refractivity contribution in [2.75, 3.05) is 27.2 Å². The fourth-order valence-corrected chi connectivity index (χ4v) is 2.75. The molecule has 0 saturated heterocycles. The van der Waals surface area contributed by atoms with E-state index in [1.807, 2.05) is 0 Å². The second kappa shape index (κ2) is 13.1. The van der Waals surface area contributed by atoms with Gasteiger partial charge in [-0.25, -0.2) is 4.98 Å². The van der Waals surface area contributed by atoms with E-state index in [2.05, 4.69) is 25.3 Å². The van der Waals surface area contributed by atoms with Crippen LogP contribution in [0.3, 0.4) is 0 Å². The number of thiazole rings is 1. The highest BCUT2D eigenvalue weighted by atomic mass is 127. The number of nitrogens with one attached hydrogen (secondary N) is 2. The first kappa shape index (κ1) is 24.9. The van der Waals surface area contributed by atoms with Gasteiger partial charge in [0.25, 0.3) is 0 Å². The molecule has 6 nitrogen and oxygen atoms in total. The van der Waals surface area contributed by atoms with Crippen LogP contribution in [0, 0.1) is 0 Å². The molecule has 2 N–H and O–H groups in total. The number of hydrogen-bond donors (Lipinski definition) is 2. The van der Waals surface area contributed by atoms with Gasteiger partial charge in [-0.15, -0.1) is 35.3 Å². The predicted molar refractivity (Wildman–Crippen MR) is 106 cm³/mol. The average molecular weight is 508 g/mol. The zero-order valence-electron chi connectivity index (χ0n) is 14.7. The Kier molecular flexibility index (Phi) is 12.6. The lowest BCUT2D eigenvalue weighted by Crippen LogP contribution is -2.38. The quantitative estimate of drug-likeness (QED) is 0.176. The number of carbonyl (C=O) groups is 1. The minimum absolute atomic E-state index is 0. The van der Waals surface area contributed by atoms with Gasteiger partial charge in [-0.2, -0.15) is 13.2 Å². The van der Waals surface area contributed by atoms with Crippen LogP contribution in [0.5, 0.6) is 0 Å². The van der Waals surface area contributed by atoms with Gasteiger partial charge in [0.2, 0.25) is 0 Å². The van der Waals surface area contributed by atoms with Crippen LogP contribution in [0.4, 0.5) is 13.2 Å². The Morgan fingerprint density at radius 2 is 1.96 bits per heavy atom. The molecule has 1 aromatic heterocycles. The lowest BCUT2D eigenvalue weighted by atomic mass is 10.2. The molecule has 1 rings (SSSR count). The highest BCUT2D eigenvalue weighted by molar-refractivity contribution is 14.0. The van der Waals surface area contributed by atoms with Crippen molar-refractivity contribution in [1.82, 2.24) is 15.6 Å². The third-order valence-corrected chi connectivity index (χ3v) is 4.18. The first-order chi connectivity index (χ1) is 11.9. The van der Waals surface area contributed by atoms with Crippen LogP contribution in [-0.4, -0.2) is 44.2 Å². The van der Waals surface area contributed by atoms with Crippen molar-refractivity contribution in [3.63, 3.8) is 0 Å². The molecule has 0 aliphatic carbocycles. The number of carbonyl (C=O) groups excluding carboxylic acids is 1. The van der Waals surface area contributed by atoms with E-state index in [9.17, 15) is 18.0 Å². The van der Waals surface area contributed by atoms with Crippen LogP contribution in [-0.2, 0) is 22.1 Å². The van der Waals surface area contributed by atoms with E-state index in [0.717, 1.165) is 36.0 Å². The number of esters is 1. The first-order valence-corrected chi connectivity index (χ1v) is 8.77. The van der Waals surface area contributed by atoms with E-state index < -0.39 is 11.9 Å². The molecule has 0 aliphatic rings. The predicted octanol–water partition coefficient (Wildman–Crippen LogP) is 3.22. The molecular formula is C15H24F3IN4O2S. The summed E-state index contributed by atoms with van der Waals surface area (Å²) in [6.45, 7) is 1.13. The molecule has 11 heteroatoms. The lowest BCUT2D eigenvalue weighted by molar-refractivity contribution is -0.141. The van der Waals surface area contributed by atoms with Crippen molar-refractivity contribution >= 4 is 47.2 Å². The van der Waals surface area contributed by atoms with Gasteiger partial charge in [-0.3, -0.25) is 9.79 Å². The fourth-order valence-electron chi connectivity index (χ4n) is 1.94. The molecule has 0 atom stereocenters. The highest BCUT2D eigenvalue weighted by Gasteiger charge is 2.33. The smallest absolute Gasteiger partial charge is 0.434 e. The summed E-state index contributed by atoms with van der Waals surface area (Å²) in [6.07, 6.45) is -1.06. The molecule has 0 saturated carbocycles. The van der Waals surface area contributed by atoms with E-state index in [1.54, 1.807) is 7.05 Å². The molecule has 0 aliphatic heterocycles. The molecule has 26 heavy (non-hydrogen) atoms. The van der Waals surface area contributed by atoms with Crippen molar-refractivity contribution in [3.8, 4) is 0 Å². The minimum Gasteiger partial charge on any atom is -0.469 e. The van der Waals surface area contributed by atoms with Crippen molar-refractivity contribution < 1.29 is 22.7 Å². The summed E-state index contributed by atoms with van der Waals surface area (Å²) in [5.41, 5.74) is -0.845. The molecule has 0 bridgehead atoms. The molecule has 0 spiro atoms. The van der Waals surface area contributed by atoms with E-state index in [-0.39, 0.29) is 29.9 Å². The van der Waals surface area contributed by atoms with Gasteiger partial charge < -0.3 is 15.4 Å². The maximum absolute atomic E-state index is 12.5. The first-order valence-electron chi connectivity index (χ1n) is 7.89. The Morgan fingerprint density at radius 1 is 1.27 bits per heavy atom. The number of guanidine groups is 1. The molecule has 1 heterocycles. The van der Waals surface area contributed by atoms with Gasteiger partial charge in [0, 0.05) is 38.4 Å². The molecule has 0 radical (unpaired) electrons. The molecule has 0 fully saturated rings. The standard InChI is InChI=1S/C15H23F3N4O2S.HI/c1-19-14(20-8-5-3-4-6-13(23)24-2)21-9-7-12-22-11(10-25-12)15(16,17)18;/h10H,3-9H2,1-2H3,(H2,19,20,21);1H. The minimum atomic E-state index is -4.40. The van der Waals surface area contributed by atoms with Crippen LogP contribution >= 0.6 is 35.3 Å². The number of rotatable bonds is 9. The monoisotopic (exact) mass is 508 g/mol. The summed E-state index contributed by atoms with van der Waals surface area (Å²) in [5, 5.41) is 7.60. The van der Waals surface area contributed by atoms with Crippen molar-refractivity contribution in [2.24, 2.45) is 4.99 Å². The highest BCUT2D eigenvalue weighted by Crippen LogP contribution is 2.29. The third kappa shape index (κ3) is 10.1. The Balaban J connectivity index is 0.00000625. The summed E-state index contributed by atoms with van der Waals surface area (Å²) < 4.78 is 42.0. The number of aromatic nitrogens is 1. The fraction of sp³-hybridized carbons (Fsp3) is 0.667. The molecule has 0 unspecified atom stereocenters.